The van der Waals surface area contributed by atoms with E-state index in [1.54, 1.807) is 9.80 Å². The number of piperazine rings is 1. The third-order valence-corrected chi connectivity index (χ3v) is 4.80. The van der Waals surface area contributed by atoms with Crippen LogP contribution in [0.2, 0.25) is 0 Å². The molecule has 1 aliphatic rings. The molecule has 0 aliphatic carbocycles. The minimum atomic E-state index is -0.647. The van der Waals surface area contributed by atoms with Gasteiger partial charge in [0.15, 0.2) is 0 Å². The zero-order valence-corrected chi connectivity index (χ0v) is 15.5. The van der Waals surface area contributed by atoms with E-state index in [0.717, 1.165) is 16.5 Å². The first-order chi connectivity index (χ1) is 13.0. The van der Waals surface area contributed by atoms with Gasteiger partial charge in [-0.05, 0) is 11.6 Å². The first kappa shape index (κ1) is 18.8. The lowest BCUT2D eigenvalue weighted by molar-refractivity contribution is -0.137. The van der Waals surface area contributed by atoms with Crippen LogP contribution < -0.4 is 5.32 Å². The molecule has 1 aromatic carbocycles. The maximum atomic E-state index is 13.0. The number of aromatic nitrogens is 1. The lowest BCUT2D eigenvalue weighted by Crippen LogP contribution is -2.56. The van der Waals surface area contributed by atoms with Crippen molar-refractivity contribution in [3.63, 3.8) is 0 Å². The molecule has 1 saturated heterocycles. The normalized spacial score (nSPS) is 15.5. The van der Waals surface area contributed by atoms with Crippen LogP contribution in [0.15, 0.2) is 30.5 Å². The Kier molecular flexibility index (Phi) is 5.63. The number of hydrogen-bond donors (Lipinski definition) is 2. The second-order valence-corrected chi connectivity index (χ2v) is 6.60. The van der Waals surface area contributed by atoms with Crippen molar-refractivity contribution >= 4 is 28.8 Å². The molecule has 1 atom stereocenters. The summed E-state index contributed by atoms with van der Waals surface area (Å²) in [6.45, 7) is 3.07. The van der Waals surface area contributed by atoms with Gasteiger partial charge in [0.2, 0.25) is 11.8 Å². The fourth-order valence-corrected chi connectivity index (χ4v) is 3.42. The average molecular weight is 372 g/mol. The zero-order chi connectivity index (χ0) is 19.4. The SMILES string of the molecule is COC(=O)N1CCN(C(=O)[C@H](Cc2c[nH]c3ccccc23)NC(C)=O)CC1. The highest BCUT2D eigenvalue weighted by atomic mass is 16.5. The van der Waals surface area contributed by atoms with Gasteiger partial charge in [0.05, 0.1) is 7.11 Å². The first-order valence-electron chi connectivity index (χ1n) is 8.93. The number of benzene rings is 1. The largest absolute Gasteiger partial charge is 0.453 e. The summed E-state index contributed by atoms with van der Waals surface area (Å²) in [5.41, 5.74) is 1.97. The molecule has 2 N–H and O–H groups in total. The fraction of sp³-hybridized carbons (Fsp3) is 0.421. The quantitative estimate of drug-likeness (QED) is 0.841. The molecule has 1 aliphatic heterocycles. The van der Waals surface area contributed by atoms with E-state index in [4.69, 9.17) is 4.74 Å². The molecule has 8 nitrogen and oxygen atoms in total. The second-order valence-electron chi connectivity index (χ2n) is 6.60. The first-order valence-corrected chi connectivity index (χ1v) is 8.93. The standard InChI is InChI=1S/C19H24N4O4/c1-13(24)21-17(11-14-12-20-16-6-4-3-5-15(14)16)18(25)22-7-9-23(10-8-22)19(26)27-2/h3-6,12,17,20H,7-11H2,1-2H3,(H,21,24)/t17-/m0/s1. The van der Waals surface area contributed by atoms with Crippen LogP contribution in [-0.4, -0.2) is 72.0 Å². The van der Waals surface area contributed by atoms with E-state index in [0.29, 0.717) is 32.6 Å². The number of amides is 3. The predicted molar refractivity (Wildman–Crippen MR) is 100 cm³/mol. The topological polar surface area (TPSA) is 94.7 Å². The van der Waals surface area contributed by atoms with Crippen molar-refractivity contribution < 1.29 is 19.1 Å². The molecule has 2 aromatic rings. The van der Waals surface area contributed by atoms with Crippen LogP contribution in [-0.2, 0) is 20.7 Å². The molecule has 8 heteroatoms. The summed E-state index contributed by atoms with van der Waals surface area (Å²) in [4.78, 5) is 42.7. The van der Waals surface area contributed by atoms with E-state index in [1.807, 2.05) is 30.5 Å². The number of nitrogens with one attached hydrogen (secondary N) is 2. The van der Waals surface area contributed by atoms with Crippen LogP contribution in [0.3, 0.4) is 0 Å². The number of carbonyl (C=O) groups excluding carboxylic acids is 3. The molecule has 1 aromatic heterocycles. The maximum absolute atomic E-state index is 13.0. The summed E-state index contributed by atoms with van der Waals surface area (Å²) in [5.74, 6) is -0.388. The highest BCUT2D eigenvalue weighted by molar-refractivity contribution is 5.89. The Hall–Kier alpha value is -3.03. The van der Waals surface area contributed by atoms with Gasteiger partial charge in [0.25, 0.3) is 0 Å². The summed E-state index contributed by atoms with van der Waals surface area (Å²) < 4.78 is 4.72. The smallest absolute Gasteiger partial charge is 0.409 e. The third kappa shape index (κ3) is 4.21. The van der Waals surface area contributed by atoms with Crippen molar-refractivity contribution in [3.05, 3.63) is 36.0 Å². The van der Waals surface area contributed by atoms with Gasteiger partial charge < -0.3 is 24.8 Å². The summed E-state index contributed by atoms with van der Waals surface area (Å²) in [5, 5.41) is 3.81. The number of aromatic amines is 1. The molecular formula is C19H24N4O4. The maximum Gasteiger partial charge on any atom is 0.409 e. The number of H-pyrrole nitrogens is 1. The summed E-state index contributed by atoms with van der Waals surface area (Å²) in [6.07, 6.45) is 1.89. The van der Waals surface area contributed by atoms with Crippen LogP contribution >= 0.6 is 0 Å². The van der Waals surface area contributed by atoms with Crippen LogP contribution in [0.5, 0.6) is 0 Å². The minimum absolute atomic E-state index is 0.139. The number of hydrogen-bond acceptors (Lipinski definition) is 4. The molecule has 27 heavy (non-hydrogen) atoms. The molecule has 1 fully saturated rings. The molecule has 144 valence electrons. The summed E-state index contributed by atoms with van der Waals surface area (Å²) >= 11 is 0. The molecule has 0 unspecified atom stereocenters. The van der Waals surface area contributed by atoms with Crippen LogP contribution in [0, 0.1) is 0 Å². The van der Waals surface area contributed by atoms with Gasteiger partial charge in [-0.1, -0.05) is 18.2 Å². The minimum Gasteiger partial charge on any atom is -0.453 e. The zero-order valence-electron chi connectivity index (χ0n) is 15.5. The van der Waals surface area contributed by atoms with Gasteiger partial charge >= 0.3 is 6.09 Å². The molecule has 3 rings (SSSR count). The van der Waals surface area contributed by atoms with E-state index < -0.39 is 6.04 Å². The van der Waals surface area contributed by atoms with Crippen LogP contribution in [0.4, 0.5) is 4.79 Å². The lowest BCUT2D eigenvalue weighted by atomic mass is 10.0. The second kappa shape index (κ2) is 8.11. The van der Waals surface area contributed by atoms with Gasteiger partial charge in [-0.2, -0.15) is 0 Å². The summed E-state index contributed by atoms with van der Waals surface area (Å²) in [6, 6.07) is 7.21. The number of methoxy groups -OCH3 is 1. The van der Waals surface area contributed by atoms with Gasteiger partial charge in [-0.15, -0.1) is 0 Å². The van der Waals surface area contributed by atoms with Crippen molar-refractivity contribution in [3.8, 4) is 0 Å². The molecule has 0 saturated carbocycles. The average Bonchev–Trinajstić information content (AvgIpc) is 3.09. The Morgan fingerprint density at radius 1 is 1.15 bits per heavy atom. The number of fused-ring (bicyclic) bond motifs is 1. The molecule has 0 spiro atoms. The van der Waals surface area contributed by atoms with Gasteiger partial charge in [-0.25, -0.2) is 4.79 Å². The van der Waals surface area contributed by atoms with E-state index in [-0.39, 0.29) is 17.9 Å². The van der Waals surface area contributed by atoms with E-state index >= 15 is 0 Å². The number of rotatable bonds is 4. The Bertz CT molecular complexity index is 839. The third-order valence-electron chi connectivity index (χ3n) is 4.80. The van der Waals surface area contributed by atoms with Crippen molar-refractivity contribution in [2.75, 3.05) is 33.3 Å². The van der Waals surface area contributed by atoms with Crippen molar-refractivity contribution in [1.82, 2.24) is 20.1 Å². The molecule has 0 radical (unpaired) electrons. The van der Waals surface area contributed by atoms with Crippen molar-refractivity contribution in [2.24, 2.45) is 0 Å². The van der Waals surface area contributed by atoms with Crippen molar-refractivity contribution in [2.45, 2.75) is 19.4 Å². The Balaban J connectivity index is 1.72. The van der Waals surface area contributed by atoms with E-state index in [2.05, 4.69) is 10.3 Å². The van der Waals surface area contributed by atoms with E-state index in [9.17, 15) is 14.4 Å². The van der Waals surface area contributed by atoms with Gasteiger partial charge in [-0.3, -0.25) is 9.59 Å². The number of para-hydroxylation sites is 1. The van der Waals surface area contributed by atoms with Crippen molar-refractivity contribution in [1.29, 1.82) is 0 Å². The van der Waals surface area contributed by atoms with Crippen LogP contribution in [0.25, 0.3) is 10.9 Å². The number of nitrogens with zero attached hydrogens (tertiary/aromatic N) is 2. The Labute approximate surface area is 157 Å². The molecule has 3 amide bonds. The lowest BCUT2D eigenvalue weighted by Gasteiger charge is -2.35. The summed E-state index contributed by atoms with van der Waals surface area (Å²) in [7, 11) is 1.34. The fourth-order valence-electron chi connectivity index (χ4n) is 3.42. The highest BCUT2D eigenvalue weighted by Gasteiger charge is 2.30. The van der Waals surface area contributed by atoms with Crippen LogP contribution in [0.1, 0.15) is 12.5 Å². The molecule has 0 bridgehead atoms. The van der Waals surface area contributed by atoms with E-state index in [1.165, 1.54) is 14.0 Å². The van der Waals surface area contributed by atoms with Gasteiger partial charge in [0.1, 0.15) is 6.04 Å². The highest BCUT2D eigenvalue weighted by Crippen LogP contribution is 2.20. The molecule has 2 heterocycles. The number of ether oxygens (including phenoxy) is 1. The number of carbonyl (C=O) groups is 3. The Morgan fingerprint density at radius 3 is 2.48 bits per heavy atom. The monoisotopic (exact) mass is 372 g/mol. The Morgan fingerprint density at radius 2 is 1.81 bits per heavy atom. The predicted octanol–water partition coefficient (Wildman–Crippen LogP) is 1.13. The molecular weight excluding hydrogens is 348 g/mol. The van der Waals surface area contributed by atoms with Gasteiger partial charge in [0, 0.05) is 56.6 Å².